The summed E-state index contributed by atoms with van der Waals surface area (Å²) in [5, 5.41) is 0. The minimum atomic E-state index is 0.209. The Morgan fingerprint density at radius 2 is 1.96 bits per heavy atom. The first kappa shape index (κ1) is 21.4. The fourth-order valence-electron chi connectivity index (χ4n) is 2.79. The van der Waals surface area contributed by atoms with Crippen molar-refractivity contribution in [2.75, 3.05) is 19.5 Å². The average molecular weight is 438 g/mol. The van der Waals surface area contributed by atoms with E-state index in [0.717, 1.165) is 30.6 Å². The van der Waals surface area contributed by atoms with E-state index in [0.29, 0.717) is 40.8 Å². The predicted octanol–water partition coefficient (Wildman–Crippen LogP) is 4.99. The van der Waals surface area contributed by atoms with Crippen LogP contribution in [-0.4, -0.2) is 29.8 Å². The molecule has 148 valence electrons. The molecule has 0 aliphatic heterocycles. The van der Waals surface area contributed by atoms with Gasteiger partial charge in [-0.15, -0.1) is 0 Å². The van der Waals surface area contributed by atoms with Gasteiger partial charge < -0.3 is 19.9 Å². The molecule has 7 heteroatoms. The molecule has 0 aliphatic rings. The molecule has 0 saturated heterocycles. The molecule has 0 bridgehead atoms. The van der Waals surface area contributed by atoms with Gasteiger partial charge in [-0.05, 0) is 47.8 Å². The van der Waals surface area contributed by atoms with Gasteiger partial charge in [-0.1, -0.05) is 20.3 Å². The molecule has 27 heavy (non-hydrogen) atoms. The molecule has 6 nitrogen and oxygen atoms in total. The lowest BCUT2D eigenvalue weighted by Crippen LogP contribution is -2.13. The Balaban J connectivity index is 2.28. The molecule has 0 fully saturated rings. The summed E-state index contributed by atoms with van der Waals surface area (Å²) in [5.41, 5.74) is 8.20. The van der Waals surface area contributed by atoms with Crippen LogP contribution in [-0.2, 0) is 11.3 Å². The molecule has 0 amide bonds. The molecular weight excluding hydrogens is 410 g/mol. The van der Waals surface area contributed by atoms with Crippen molar-refractivity contribution in [1.82, 2.24) is 9.97 Å². The van der Waals surface area contributed by atoms with E-state index >= 15 is 0 Å². The van der Waals surface area contributed by atoms with Gasteiger partial charge in [0.15, 0.2) is 0 Å². The van der Waals surface area contributed by atoms with Crippen LogP contribution in [0.25, 0.3) is 11.3 Å². The summed E-state index contributed by atoms with van der Waals surface area (Å²) < 4.78 is 17.6. The van der Waals surface area contributed by atoms with E-state index < -0.39 is 0 Å². The molecular formula is C20H28BrN3O3. The third kappa shape index (κ3) is 5.56. The number of nitrogens with two attached hydrogens (primary N) is 1. The molecule has 1 unspecified atom stereocenters. The van der Waals surface area contributed by atoms with Crippen molar-refractivity contribution in [2.45, 2.75) is 52.7 Å². The number of halogens is 1. The van der Waals surface area contributed by atoms with Crippen LogP contribution in [0.4, 0.5) is 5.82 Å². The number of nitrogen functional groups attached to an aromatic ring is 1. The average Bonchev–Trinajstić information content (AvgIpc) is 2.67. The molecule has 0 spiro atoms. The Kier molecular flexibility index (Phi) is 8.31. The zero-order chi connectivity index (χ0) is 19.8. The number of methoxy groups -OCH3 is 1. The Morgan fingerprint density at radius 3 is 2.59 bits per heavy atom. The predicted molar refractivity (Wildman–Crippen MR) is 111 cm³/mol. The fourth-order valence-corrected chi connectivity index (χ4v) is 3.30. The molecule has 2 rings (SSSR count). The molecule has 0 saturated carbocycles. The zero-order valence-electron chi connectivity index (χ0n) is 16.4. The molecule has 0 aliphatic carbocycles. The van der Waals surface area contributed by atoms with Crippen LogP contribution in [0.15, 0.2) is 22.8 Å². The minimum Gasteiger partial charge on any atom is -0.496 e. The number of hydrogen-bond acceptors (Lipinski definition) is 6. The van der Waals surface area contributed by atoms with E-state index in [1.54, 1.807) is 7.11 Å². The maximum Gasteiger partial charge on any atom is 0.148 e. The lowest BCUT2D eigenvalue weighted by atomic mass is 10.1. The second kappa shape index (κ2) is 10.5. The highest BCUT2D eigenvalue weighted by molar-refractivity contribution is 9.10. The number of anilines is 1. The zero-order valence-corrected chi connectivity index (χ0v) is 18.0. The van der Waals surface area contributed by atoms with Crippen molar-refractivity contribution in [3.05, 3.63) is 28.5 Å². The Hall–Kier alpha value is -1.86. The third-order valence-electron chi connectivity index (χ3n) is 4.22. The van der Waals surface area contributed by atoms with Gasteiger partial charge in [0, 0.05) is 11.6 Å². The lowest BCUT2D eigenvalue weighted by molar-refractivity contribution is 0.0306. The van der Waals surface area contributed by atoms with Crippen LogP contribution in [0, 0.1) is 0 Å². The van der Waals surface area contributed by atoms with Gasteiger partial charge >= 0.3 is 0 Å². The first-order valence-corrected chi connectivity index (χ1v) is 10.1. The summed E-state index contributed by atoms with van der Waals surface area (Å²) in [6.45, 7) is 7.14. The van der Waals surface area contributed by atoms with Crippen LogP contribution in [0.2, 0.25) is 0 Å². The summed E-state index contributed by atoms with van der Waals surface area (Å²) in [4.78, 5) is 9.11. The normalized spacial score (nSPS) is 12.0. The van der Waals surface area contributed by atoms with Crippen LogP contribution < -0.4 is 15.2 Å². The Bertz CT molecular complexity index is 755. The number of nitrogens with zero attached hydrogens (tertiary/aromatic N) is 2. The van der Waals surface area contributed by atoms with E-state index in [2.05, 4.69) is 39.7 Å². The summed E-state index contributed by atoms with van der Waals surface area (Å²) in [6.07, 6.45) is 3.27. The number of rotatable bonds is 10. The maximum atomic E-state index is 6.16. The van der Waals surface area contributed by atoms with E-state index in [1.807, 2.05) is 25.1 Å². The molecule has 1 aromatic carbocycles. The minimum absolute atomic E-state index is 0.209. The number of ether oxygens (including phenoxy) is 3. The highest BCUT2D eigenvalue weighted by Gasteiger charge is 2.17. The molecule has 1 atom stereocenters. The van der Waals surface area contributed by atoms with Gasteiger partial charge in [0.05, 0.1) is 26.4 Å². The van der Waals surface area contributed by atoms with Crippen molar-refractivity contribution in [3.63, 3.8) is 0 Å². The first-order valence-electron chi connectivity index (χ1n) is 9.28. The SMILES string of the molecule is CCCC(CC)OCc1nc(Br)c(-c2ccc(OCC)cc2OC)nc1N. The molecule has 1 aromatic heterocycles. The lowest BCUT2D eigenvalue weighted by Gasteiger charge is -2.16. The topological polar surface area (TPSA) is 79.5 Å². The van der Waals surface area contributed by atoms with Crippen molar-refractivity contribution in [3.8, 4) is 22.8 Å². The van der Waals surface area contributed by atoms with Crippen molar-refractivity contribution in [1.29, 1.82) is 0 Å². The molecule has 1 heterocycles. The quantitative estimate of drug-likeness (QED) is 0.563. The van der Waals surface area contributed by atoms with Crippen LogP contribution in [0.5, 0.6) is 11.5 Å². The Morgan fingerprint density at radius 1 is 1.19 bits per heavy atom. The van der Waals surface area contributed by atoms with E-state index in [4.69, 9.17) is 19.9 Å². The van der Waals surface area contributed by atoms with Gasteiger partial charge in [-0.3, -0.25) is 0 Å². The van der Waals surface area contributed by atoms with Gasteiger partial charge in [0.2, 0.25) is 0 Å². The summed E-state index contributed by atoms with van der Waals surface area (Å²) in [6, 6.07) is 5.60. The largest absolute Gasteiger partial charge is 0.496 e. The second-order valence-corrected chi connectivity index (χ2v) is 6.87. The maximum absolute atomic E-state index is 6.16. The number of hydrogen-bond donors (Lipinski definition) is 1. The smallest absolute Gasteiger partial charge is 0.148 e. The third-order valence-corrected chi connectivity index (χ3v) is 4.77. The van der Waals surface area contributed by atoms with Crippen LogP contribution in [0.3, 0.4) is 0 Å². The number of benzene rings is 1. The standard InChI is InChI=1S/C20H28BrN3O3/c1-5-8-13(6-2)27-12-16-20(22)24-18(19(21)23-16)15-10-9-14(26-7-3)11-17(15)25-4/h9-11,13H,5-8,12H2,1-4H3,(H2,22,24). The first-order chi connectivity index (χ1) is 13.0. The molecule has 2 N–H and O–H groups in total. The van der Waals surface area contributed by atoms with Gasteiger partial charge in [0.1, 0.15) is 33.3 Å². The van der Waals surface area contributed by atoms with Crippen LogP contribution in [0.1, 0.15) is 45.7 Å². The highest BCUT2D eigenvalue weighted by atomic mass is 79.9. The summed E-state index contributed by atoms with van der Waals surface area (Å²) in [5.74, 6) is 1.74. The van der Waals surface area contributed by atoms with Gasteiger partial charge in [0.25, 0.3) is 0 Å². The summed E-state index contributed by atoms with van der Waals surface area (Å²) in [7, 11) is 1.61. The molecule has 0 radical (unpaired) electrons. The Labute approximate surface area is 169 Å². The highest BCUT2D eigenvalue weighted by Crippen LogP contribution is 2.36. The number of aromatic nitrogens is 2. The molecule has 2 aromatic rings. The summed E-state index contributed by atoms with van der Waals surface area (Å²) >= 11 is 3.51. The van der Waals surface area contributed by atoms with E-state index in [9.17, 15) is 0 Å². The van der Waals surface area contributed by atoms with Crippen LogP contribution >= 0.6 is 15.9 Å². The van der Waals surface area contributed by atoms with Crippen molar-refractivity contribution < 1.29 is 14.2 Å². The second-order valence-electron chi connectivity index (χ2n) is 6.12. The monoisotopic (exact) mass is 437 g/mol. The van der Waals surface area contributed by atoms with E-state index in [-0.39, 0.29) is 6.10 Å². The van der Waals surface area contributed by atoms with E-state index in [1.165, 1.54) is 0 Å². The van der Waals surface area contributed by atoms with Crippen molar-refractivity contribution in [2.24, 2.45) is 0 Å². The van der Waals surface area contributed by atoms with Gasteiger partial charge in [-0.25, -0.2) is 9.97 Å². The van der Waals surface area contributed by atoms with Crippen molar-refractivity contribution >= 4 is 21.7 Å². The fraction of sp³-hybridized carbons (Fsp3) is 0.500. The van der Waals surface area contributed by atoms with Gasteiger partial charge in [-0.2, -0.15) is 0 Å².